The fraction of sp³-hybridized carbons (Fsp3) is 0.0833. The van der Waals surface area contributed by atoms with E-state index >= 15 is 0 Å². The van der Waals surface area contributed by atoms with Gasteiger partial charge in [0.2, 0.25) is 0 Å². The van der Waals surface area contributed by atoms with Crippen molar-refractivity contribution < 1.29 is 9.90 Å². The molecular weight excluding hydrogens is 348 g/mol. The minimum atomic E-state index is -0.928. The molecule has 4 heteroatoms. The van der Waals surface area contributed by atoms with Gasteiger partial charge in [0.15, 0.2) is 0 Å². The average Bonchev–Trinajstić information content (AvgIpc) is 3.18. The molecule has 3 aromatic carbocycles. The monoisotopic (exact) mass is 368 g/mol. The summed E-state index contributed by atoms with van der Waals surface area (Å²) in [4.78, 5) is 11.1. The SMILES string of the molecule is O=C(O)c1ccc(N2N=C(/C=C\c3ccccc3)C[C@@H]2c2ccccc2)cc1. The van der Waals surface area contributed by atoms with Gasteiger partial charge in [0.25, 0.3) is 0 Å². The Hall–Kier alpha value is -3.66. The molecule has 3 aromatic rings. The van der Waals surface area contributed by atoms with Crippen LogP contribution in [0.2, 0.25) is 0 Å². The van der Waals surface area contributed by atoms with Gasteiger partial charge < -0.3 is 5.11 Å². The van der Waals surface area contributed by atoms with Crippen LogP contribution in [-0.4, -0.2) is 16.8 Å². The molecule has 0 saturated heterocycles. The third kappa shape index (κ3) is 3.86. The molecule has 4 rings (SSSR count). The second-order valence-electron chi connectivity index (χ2n) is 6.66. The number of allylic oxidation sites excluding steroid dienone is 1. The summed E-state index contributed by atoms with van der Waals surface area (Å²) in [6.45, 7) is 0. The first-order valence-electron chi connectivity index (χ1n) is 9.19. The molecule has 1 N–H and O–H groups in total. The van der Waals surface area contributed by atoms with Crippen molar-refractivity contribution in [1.82, 2.24) is 0 Å². The number of carbonyl (C=O) groups is 1. The van der Waals surface area contributed by atoms with Gasteiger partial charge in [0.1, 0.15) is 0 Å². The van der Waals surface area contributed by atoms with Crippen molar-refractivity contribution in [3.05, 3.63) is 108 Å². The van der Waals surface area contributed by atoms with Crippen LogP contribution in [0.15, 0.2) is 96.1 Å². The van der Waals surface area contributed by atoms with E-state index in [1.807, 2.05) is 53.5 Å². The number of nitrogens with zero attached hydrogens (tertiary/aromatic N) is 2. The van der Waals surface area contributed by atoms with Gasteiger partial charge in [-0.25, -0.2) is 4.79 Å². The van der Waals surface area contributed by atoms with Crippen LogP contribution < -0.4 is 5.01 Å². The first kappa shape index (κ1) is 17.7. The molecule has 0 fully saturated rings. The number of benzene rings is 3. The van der Waals surface area contributed by atoms with Gasteiger partial charge in [0, 0.05) is 6.42 Å². The highest BCUT2D eigenvalue weighted by atomic mass is 16.4. The quantitative estimate of drug-likeness (QED) is 0.655. The van der Waals surface area contributed by atoms with Crippen molar-refractivity contribution in [2.45, 2.75) is 12.5 Å². The van der Waals surface area contributed by atoms with Crippen molar-refractivity contribution >= 4 is 23.4 Å². The summed E-state index contributed by atoms with van der Waals surface area (Å²) in [5.74, 6) is -0.928. The normalized spacial score (nSPS) is 16.4. The number of carboxylic acids is 1. The zero-order chi connectivity index (χ0) is 19.3. The Morgan fingerprint density at radius 1 is 0.893 bits per heavy atom. The number of hydrazone groups is 1. The summed E-state index contributed by atoms with van der Waals surface area (Å²) in [6, 6.07) is 27.3. The van der Waals surface area contributed by atoms with E-state index in [1.165, 1.54) is 5.56 Å². The molecule has 0 aliphatic carbocycles. The number of carboxylic acid groups (broad SMARTS) is 1. The smallest absolute Gasteiger partial charge is 0.335 e. The van der Waals surface area contributed by atoms with Gasteiger partial charge in [-0.3, -0.25) is 5.01 Å². The highest BCUT2D eigenvalue weighted by molar-refractivity contribution is 6.01. The van der Waals surface area contributed by atoms with Crippen molar-refractivity contribution in [2.24, 2.45) is 5.10 Å². The summed E-state index contributed by atoms with van der Waals surface area (Å²) in [7, 11) is 0. The summed E-state index contributed by atoms with van der Waals surface area (Å²) in [6.07, 6.45) is 4.91. The molecule has 4 nitrogen and oxygen atoms in total. The van der Waals surface area contributed by atoms with Crippen molar-refractivity contribution in [1.29, 1.82) is 0 Å². The lowest BCUT2D eigenvalue weighted by Crippen LogP contribution is -2.18. The van der Waals surface area contributed by atoms with E-state index < -0.39 is 5.97 Å². The maximum atomic E-state index is 11.1. The third-order valence-electron chi connectivity index (χ3n) is 4.76. The third-order valence-corrected chi connectivity index (χ3v) is 4.76. The predicted octanol–water partition coefficient (Wildman–Crippen LogP) is 5.41. The second-order valence-corrected chi connectivity index (χ2v) is 6.66. The molecule has 0 spiro atoms. The van der Waals surface area contributed by atoms with Crippen LogP contribution in [0.1, 0.15) is 33.9 Å². The van der Waals surface area contributed by atoms with Gasteiger partial charge in [-0.1, -0.05) is 66.7 Å². The maximum absolute atomic E-state index is 11.1. The van der Waals surface area contributed by atoms with Gasteiger partial charge >= 0.3 is 5.97 Å². The Labute approximate surface area is 164 Å². The Morgan fingerprint density at radius 3 is 2.18 bits per heavy atom. The fourth-order valence-corrected chi connectivity index (χ4v) is 3.32. The molecule has 1 atom stereocenters. The molecule has 0 radical (unpaired) electrons. The van der Waals surface area contributed by atoms with Crippen LogP contribution in [-0.2, 0) is 0 Å². The van der Waals surface area contributed by atoms with E-state index in [9.17, 15) is 4.79 Å². The lowest BCUT2D eigenvalue weighted by molar-refractivity contribution is 0.0697. The molecule has 138 valence electrons. The fourth-order valence-electron chi connectivity index (χ4n) is 3.32. The lowest BCUT2D eigenvalue weighted by Gasteiger charge is -2.24. The van der Waals surface area contributed by atoms with Gasteiger partial charge in [-0.05, 0) is 41.5 Å². The molecule has 0 saturated carbocycles. The number of aromatic carboxylic acids is 1. The summed E-state index contributed by atoms with van der Waals surface area (Å²) in [5.41, 5.74) is 4.44. The lowest BCUT2D eigenvalue weighted by atomic mass is 10.0. The van der Waals surface area contributed by atoms with Crippen LogP contribution in [0.25, 0.3) is 6.08 Å². The maximum Gasteiger partial charge on any atom is 0.335 e. The van der Waals surface area contributed by atoms with Gasteiger partial charge in [-0.2, -0.15) is 5.10 Å². The topological polar surface area (TPSA) is 52.9 Å². The highest BCUT2D eigenvalue weighted by Gasteiger charge is 2.28. The molecule has 0 amide bonds. The van der Waals surface area contributed by atoms with Crippen LogP contribution in [0.4, 0.5) is 5.69 Å². The predicted molar refractivity (Wildman–Crippen MR) is 113 cm³/mol. The summed E-state index contributed by atoms with van der Waals surface area (Å²) < 4.78 is 0. The van der Waals surface area contributed by atoms with Crippen molar-refractivity contribution in [3.63, 3.8) is 0 Å². The van der Waals surface area contributed by atoms with Crippen molar-refractivity contribution in [2.75, 3.05) is 5.01 Å². The number of anilines is 1. The molecule has 0 bridgehead atoms. The molecule has 28 heavy (non-hydrogen) atoms. The number of hydrogen-bond acceptors (Lipinski definition) is 3. The minimum absolute atomic E-state index is 0.0762. The standard InChI is InChI=1S/C24H20N2O2/c27-24(28)20-12-15-22(16-13-20)26-23(19-9-5-2-6-10-19)17-21(25-26)14-11-18-7-3-1-4-8-18/h1-16,23H,17H2,(H,27,28)/b14-11-/t23-/m1/s1. The Balaban J connectivity index is 1.65. The summed E-state index contributed by atoms with van der Waals surface area (Å²) >= 11 is 0. The number of rotatable bonds is 5. The average molecular weight is 368 g/mol. The number of hydrogen-bond donors (Lipinski definition) is 1. The Morgan fingerprint density at radius 2 is 1.54 bits per heavy atom. The Kier molecular flexibility index (Phi) is 5.02. The molecule has 0 aromatic heterocycles. The van der Waals surface area contributed by atoms with E-state index in [0.29, 0.717) is 0 Å². The van der Waals surface area contributed by atoms with Crippen LogP contribution in [0.3, 0.4) is 0 Å². The minimum Gasteiger partial charge on any atom is -0.478 e. The van der Waals surface area contributed by atoms with E-state index in [4.69, 9.17) is 10.2 Å². The van der Waals surface area contributed by atoms with Crippen molar-refractivity contribution in [3.8, 4) is 0 Å². The molecule has 0 unspecified atom stereocenters. The zero-order valence-electron chi connectivity index (χ0n) is 15.3. The van der Waals surface area contributed by atoms with Gasteiger partial charge in [-0.15, -0.1) is 0 Å². The molecular formula is C24H20N2O2. The van der Waals surface area contributed by atoms with Gasteiger partial charge in [0.05, 0.1) is 23.0 Å². The molecule has 1 aliphatic rings. The first-order chi connectivity index (χ1) is 13.7. The second kappa shape index (κ2) is 7.92. The van der Waals surface area contributed by atoms with Crippen LogP contribution in [0, 0.1) is 0 Å². The Bertz CT molecular complexity index is 1010. The van der Waals surface area contributed by atoms with E-state index in [0.717, 1.165) is 23.4 Å². The molecule has 1 heterocycles. The van der Waals surface area contributed by atoms with E-state index in [-0.39, 0.29) is 11.6 Å². The largest absolute Gasteiger partial charge is 0.478 e. The highest BCUT2D eigenvalue weighted by Crippen LogP contribution is 2.35. The molecule has 1 aliphatic heterocycles. The van der Waals surface area contributed by atoms with Crippen LogP contribution >= 0.6 is 0 Å². The van der Waals surface area contributed by atoms with E-state index in [1.54, 1.807) is 12.1 Å². The summed E-state index contributed by atoms with van der Waals surface area (Å²) in [5, 5.41) is 15.9. The zero-order valence-corrected chi connectivity index (χ0v) is 15.3. The first-order valence-corrected chi connectivity index (χ1v) is 9.19. The van der Waals surface area contributed by atoms with Crippen LogP contribution in [0.5, 0.6) is 0 Å². The van der Waals surface area contributed by atoms with E-state index in [2.05, 4.69) is 36.4 Å².